The van der Waals surface area contributed by atoms with Crippen LogP contribution in [-0.4, -0.2) is 42.4 Å². The van der Waals surface area contributed by atoms with Crippen molar-refractivity contribution in [2.24, 2.45) is 17.6 Å². The molecule has 1 fully saturated rings. The minimum Gasteiger partial charge on any atom is -0.493 e. The predicted molar refractivity (Wildman–Crippen MR) is 80.8 cm³/mol. The van der Waals surface area contributed by atoms with E-state index in [1.807, 2.05) is 4.68 Å². The number of hydrogen-bond acceptors (Lipinski definition) is 4. The zero-order valence-corrected chi connectivity index (χ0v) is 13.2. The molecule has 2 N–H and O–H groups in total. The highest BCUT2D eigenvalue weighted by Gasteiger charge is 2.31. The van der Waals surface area contributed by atoms with Crippen LogP contribution in [0.3, 0.4) is 0 Å². The third-order valence-corrected chi connectivity index (χ3v) is 4.38. The van der Waals surface area contributed by atoms with Crippen molar-refractivity contribution < 1.29 is 4.74 Å². The monoisotopic (exact) mass is 280 g/mol. The Labute approximate surface area is 122 Å². The number of rotatable bonds is 6. The highest BCUT2D eigenvalue weighted by Crippen LogP contribution is 2.39. The number of nitrogens with zero attached hydrogens (tertiary/aromatic N) is 3. The standard InChI is InChI=1S/C15H28N4O/c1-11-5-6-12(9-11)14(16)15-13(20-4)10-17-19(15)8-7-18(2)3/h10-12,14H,5-9,16H2,1-4H3. The Kier molecular flexibility index (Phi) is 5.05. The Morgan fingerprint density at radius 3 is 2.80 bits per heavy atom. The molecule has 1 heterocycles. The second kappa shape index (κ2) is 6.59. The van der Waals surface area contributed by atoms with Gasteiger partial charge in [0.05, 0.1) is 31.6 Å². The van der Waals surface area contributed by atoms with Crippen LogP contribution < -0.4 is 10.5 Å². The summed E-state index contributed by atoms with van der Waals surface area (Å²) in [6, 6.07) is 0.0274. The zero-order chi connectivity index (χ0) is 14.7. The number of methoxy groups -OCH3 is 1. The summed E-state index contributed by atoms with van der Waals surface area (Å²) in [5.74, 6) is 2.17. The van der Waals surface area contributed by atoms with Crippen molar-refractivity contribution in [1.29, 1.82) is 0 Å². The van der Waals surface area contributed by atoms with Crippen molar-refractivity contribution in [3.8, 4) is 5.75 Å². The van der Waals surface area contributed by atoms with Gasteiger partial charge in [-0.2, -0.15) is 5.10 Å². The average Bonchev–Trinajstić information content (AvgIpc) is 3.01. The summed E-state index contributed by atoms with van der Waals surface area (Å²) < 4.78 is 7.48. The third kappa shape index (κ3) is 3.33. The second-order valence-electron chi connectivity index (χ2n) is 6.33. The first kappa shape index (κ1) is 15.3. The minimum absolute atomic E-state index is 0.0274. The van der Waals surface area contributed by atoms with Gasteiger partial charge in [0.15, 0.2) is 5.75 Å². The molecule has 0 radical (unpaired) electrons. The molecule has 1 aliphatic rings. The van der Waals surface area contributed by atoms with E-state index in [0.717, 1.165) is 30.5 Å². The van der Waals surface area contributed by atoms with Gasteiger partial charge >= 0.3 is 0 Å². The van der Waals surface area contributed by atoms with Gasteiger partial charge in [-0.1, -0.05) is 13.3 Å². The fourth-order valence-corrected chi connectivity index (χ4v) is 3.14. The quantitative estimate of drug-likeness (QED) is 0.864. The SMILES string of the molecule is COc1cnn(CCN(C)C)c1C(N)C1CCC(C)C1. The Morgan fingerprint density at radius 1 is 1.50 bits per heavy atom. The maximum atomic E-state index is 6.54. The summed E-state index contributed by atoms with van der Waals surface area (Å²) in [7, 11) is 5.83. The maximum absolute atomic E-state index is 6.54. The van der Waals surface area contributed by atoms with E-state index in [-0.39, 0.29) is 6.04 Å². The van der Waals surface area contributed by atoms with Gasteiger partial charge in [0.25, 0.3) is 0 Å². The van der Waals surface area contributed by atoms with Crippen LogP contribution in [0.4, 0.5) is 0 Å². The van der Waals surface area contributed by atoms with Crippen molar-refractivity contribution >= 4 is 0 Å². The molecule has 1 aliphatic carbocycles. The van der Waals surface area contributed by atoms with Crippen molar-refractivity contribution in [3.05, 3.63) is 11.9 Å². The molecule has 3 atom stereocenters. The molecule has 0 saturated heterocycles. The lowest BCUT2D eigenvalue weighted by Crippen LogP contribution is -2.26. The summed E-state index contributed by atoms with van der Waals surface area (Å²) >= 11 is 0. The van der Waals surface area contributed by atoms with Crippen molar-refractivity contribution in [2.45, 2.75) is 38.8 Å². The molecule has 20 heavy (non-hydrogen) atoms. The van der Waals surface area contributed by atoms with E-state index in [1.54, 1.807) is 13.3 Å². The normalized spacial score (nSPS) is 24.3. The number of nitrogens with two attached hydrogens (primary N) is 1. The van der Waals surface area contributed by atoms with Crippen molar-refractivity contribution in [1.82, 2.24) is 14.7 Å². The van der Waals surface area contributed by atoms with Gasteiger partial charge in [-0.05, 0) is 38.8 Å². The van der Waals surface area contributed by atoms with Gasteiger partial charge in [-0.15, -0.1) is 0 Å². The topological polar surface area (TPSA) is 56.3 Å². The van der Waals surface area contributed by atoms with E-state index < -0.39 is 0 Å². The summed E-state index contributed by atoms with van der Waals surface area (Å²) in [6.07, 6.45) is 5.50. The highest BCUT2D eigenvalue weighted by atomic mass is 16.5. The van der Waals surface area contributed by atoms with Crippen LogP contribution in [-0.2, 0) is 6.54 Å². The molecule has 0 spiro atoms. The number of ether oxygens (including phenoxy) is 1. The molecule has 5 heteroatoms. The first-order chi connectivity index (χ1) is 9.52. The van der Waals surface area contributed by atoms with Crippen molar-refractivity contribution in [2.75, 3.05) is 27.7 Å². The fraction of sp³-hybridized carbons (Fsp3) is 0.800. The van der Waals surface area contributed by atoms with E-state index in [2.05, 4.69) is 31.0 Å². The van der Waals surface area contributed by atoms with E-state index in [9.17, 15) is 0 Å². The van der Waals surface area contributed by atoms with Crippen LogP contribution in [0.5, 0.6) is 5.75 Å². The number of likely N-dealkylation sites (N-methyl/N-ethyl adjacent to an activating group) is 1. The van der Waals surface area contributed by atoms with Gasteiger partial charge in [-0.3, -0.25) is 4.68 Å². The van der Waals surface area contributed by atoms with Crippen LogP contribution in [0.2, 0.25) is 0 Å². The summed E-state index contributed by atoms with van der Waals surface area (Å²) in [4.78, 5) is 2.15. The van der Waals surface area contributed by atoms with E-state index in [0.29, 0.717) is 5.92 Å². The fourth-order valence-electron chi connectivity index (χ4n) is 3.14. The molecular formula is C15H28N4O. The van der Waals surface area contributed by atoms with E-state index in [4.69, 9.17) is 10.5 Å². The molecule has 2 rings (SSSR count). The molecule has 1 saturated carbocycles. The zero-order valence-electron chi connectivity index (χ0n) is 13.2. The van der Waals surface area contributed by atoms with Crippen LogP contribution >= 0.6 is 0 Å². The van der Waals surface area contributed by atoms with Gasteiger partial charge in [0.1, 0.15) is 0 Å². The molecule has 1 aromatic rings. The van der Waals surface area contributed by atoms with Crippen LogP contribution in [0.1, 0.15) is 37.9 Å². The minimum atomic E-state index is 0.0274. The third-order valence-electron chi connectivity index (χ3n) is 4.38. The average molecular weight is 280 g/mol. The van der Waals surface area contributed by atoms with Gasteiger partial charge < -0.3 is 15.4 Å². The van der Waals surface area contributed by atoms with Crippen LogP contribution in [0.25, 0.3) is 0 Å². The Morgan fingerprint density at radius 2 is 2.25 bits per heavy atom. The molecule has 0 amide bonds. The largest absolute Gasteiger partial charge is 0.493 e. The molecule has 1 aromatic heterocycles. The van der Waals surface area contributed by atoms with E-state index in [1.165, 1.54) is 19.3 Å². The second-order valence-corrected chi connectivity index (χ2v) is 6.33. The first-order valence-corrected chi connectivity index (χ1v) is 7.53. The van der Waals surface area contributed by atoms with Crippen LogP contribution in [0, 0.1) is 11.8 Å². The number of aromatic nitrogens is 2. The molecule has 3 unspecified atom stereocenters. The number of hydrogen-bond donors (Lipinski definition) is 1. The molecule has 114 valence electrons. The lowest BCUT2D eigenvalue weighted by molar-refractivity contribution is 0.341. The molecule has 0 aliphatic heterocycles. The Balaban J connectivity index is 2.16. The Hall–Kier alpha value is -1.07. The predicted octanol–water partition coefficient (Wildman–Crippen LogP) is 1.89. The van der Waals surface area contributed by atoms with E-state index >= 15 is 0 Å². The summed E-state index contributed by atoms with van der Waals surface area (Å²) in [5.41, 5.74) is 7.60. The summed E-state index contributed by atoms with van der Waals surface area (Å²) in [6.45, 7) is 4.11. The highest BCUT2D eigenvalue weighted by molar-refractivity contribution is 5.29. The first-order valence-electron chi connectivity index (χ1n) is 7.53. The van der Waals surface area contributed by atoms with Crippen molar-refractivity contribution in [3.63, 3.8) is 0 Å². The van der Waals surface area contributed by atoms with Gasteiger partial charge in [0, 0.05) is 6.54 Å². The molecular weight excluding hydrogens is 252 g/mol. The van der Waals surface area contributed by atoms with Gasteiger partial charge in [-0.25, -0.2) is 0 Å². The molecule has 0 bridgehead atoms. The molecule has 0 aromatic carbocycles. The Bertz CT molecular complexity index is 430. The summed E-state index contributed by atoms with van der Waals surface area (Å²) in [5, 5.41) is 4.46. The maximum Gasteiger partial charge on any atom is 0.161 e. The van der Waals surface area contributed by atoms with Crippen LogP contribution in [0.15, 0.2) is 6.20 Å². The smallest absolute Gasteiger partial charge is 0.161 e. The van der Waals surface area contributed by atoms with Gasteiger partial charge in [0.2, 0.25) is 0 Å². The lowest BCUT2D eigenvalue weighted by atomic mass is 9.94. The molecule has 5 nitrogen and oxygen atoms in total. The lowest BCUT2D eigenvalue weighted by Gasteiger charge is -2.22.